The number of hydrogen-bond donors (Lipinski definition) is 2. The fraction of sp³-hybridized carbons (Fsp3) is 0.500. The molecule has 0 bridgehead atoms. The summed E-state index contributed by atoms with van der Waals surface area (Å²) in [6.45, 7) is 5.55. The van der Waals surface area contributed by atoms with Crippen molar-refractivity contribution >= 4 is 35.9 Å². The SMILES string of the molecule is CCNC(=NCc1coc(-c2ccccc2)n1)NC1CCC(C(=O)OCC)CC1.I. The van der Waals surface area contributed by atoms with Gasteiger partial charge in [0.05, 0.1) is 19.1 Å². The summed E-state index contributed by atoms with van der Waals surface area (Å²) >= 11 is 0. The van der Waals surface area contributed by atoms with Crippen LogP contribution in [0.2, 0.25) is 0 Å². The number of oxazole rings is 1. The van der Waals surface area contributed by atoms with Crippen LogP contribution >= 0.6 is 24.0 Å². The number of aliphatic imine (C=N–C) groups is 1. The fourth-order valence-corrected chi connectivity index (χ4v) is 3.50. The Bertz CT molecular complexity index is 802. The van der Waals surface area contributed by atoms with E-state index in [-0.39, 0.29) is 35.9 Å². The zero-order chi connectivity index (χ0) is 20.5. The fourth-order valence-electron chi connectivity index (χ4n) is 3.50. The third kappa shape index (κ3) is 7.00. The van der Waals surface area contributed by atoms with Crippen LogP contribution in [0.3, 0.4) is 0 Å². The third-order valence-electron chi connectivity index (χ3n) is 5.00. The van der Waals surface area contributed by atoms with Crippen LogP contribution in [0.4, 0.5) is 0 Å². The molecular weight excluding hydrogens is 495 g/mol. The molecule has 0 radical (unpaired) electrons. The lowest BCUT2D eigenvalue weighted by atomic mass is 9.86. The standard InChI is InChI=1S/C22H30N4O3.HI/c1-3-23-22(26-18-12-10-17(11-13-18)21(27)28-4-2)24-14-19-15-29-20(25-19)16-8-6-5-7-9-16;/h5-9,15,17-18H,3-4,10-14H2,1-2H3,(H2,23,24,26);1H. The number of aromatic nitrogens is 1. The highest BCUT2D eigenvalue weighted by atomic mass is 127. The van der Waals surface area contributed by atoms with Gasteiger partial charge in [0.2, 0.25) is 5.89 Å². The highest BCUT2D eigenvalue weighted by Gasteiger charge is 2.27. The smallest absolute Gasteiger partial charge is 0.308 e. The predicted molar refractivity (Wildman–Crippen MR) is 128 cm³/mol. The molecule has 1 fully saturated rings. The molecule has 0 saturated heterocycles. The Hall–Kier alpha value is -2.10. The number of ether oxygens (including phenoxy) is 1. The van der Waals surface area contributed by atoms with Crippen LogP contribution in [0.5, 0.6) is 0 Å². The molecule has 2 aromatic rings. The summed E-state index contributed by atoms with van der Waals surface area (Å²) in [6, 6.07) is 10.1. The van der Waals surface area contributed by atoms with Crippen molar-refractivity contribution in [3.05, 3.63) is 42.3 Å². The molecule has 0 amide bonds. The molecule has 1 saturated carbocycles. The molecule has 7 nitrogen and oxygen atoms in total. The van der Waals surface area contributed by atoms with Gasteiger partial charge in [-0.15, -0.1) is 24.0 Å². The first kappa shape index (κ1) is 24.2. The molecule has 0 aliphatic heterocycles. The number of hydrogen-bond acceptors (Lipinski definition) is 5. The molecule has 0 spiro atoms. The second-order valence-corrected chi connectivity index (χ2v) is 7.15. The molecule has 164 valence electrons. The lowest BCUT2D eigenvalue weighted by Crippen LogP contribution is -2.45. The van der Waals surface area contributed by atoms with E-state index in [0.29, 0.717) is 25.1 Å². The first-order chi connectivity index (χ1) is 14.2. The van der Waals surface area contributed by atoms with Gasteiger partial charge in [-0.2, -0.15) is 0 Å². The Labute approximate surface area is 195 Å². The molecule has 3 rings (SSSR count). The van der Waals surface area contributed by atoms with E-state index in [1.807, 2.05) is 44.2 Å². The molecule has 8 heteroatoms. The van der Waals surface area contributed by atoms with Crippen molar-refractivity contribution in [1.29, 1.82) is 0 Å². The van der Waals surface area contributed by atoms with Crippen molar-refractivity contribution in [2.24, 2.45) is 10.9 Å². The van der Waals surface area contributed by atoms with Gasteiger partial charge in [0.1, 0.15) is 12.0 Å². The van der Waals surface area contributed by atoms with Gasteiger partial charge in [-0.3, -0.25) is 4.79 Å². The van der Waals surface area contributed by atoms with Crippen molar-refractivity contribution in [3.8, 4) is 11.5 Å². The van der Waals surface area contributed by atoms with Crippen molar-refractivity contribution in [1.82, 2.24) is 15.6 Å². The van der Waals surface area contributed by atoms with Crippen molar-refractivity contribution in [3.63, 3.8) is 0 Å². The quantitative estimate of drug-likeness (QED) is 0.244. The van der Waals surface area contributed by atoms with Gasteiger partial charge >= 0.3 is 5.97 Å². The Kier molecular flexibility index (Phi) is 10.1. The van der Waals surface area contributed by atoms with Gasteiger partial charge in [-0.25, -0.2) is 9.98 Å². The maximum absolute atomic E-state index is 11.9. The van der Waals surface area contributed by atoms with Crippen molar-refractivity contribution < 1.29 is 13.9 Å². The molecular formula is C22H31IN4O3. The number of nitrogens with one attached hydrogen (secondary N) is 2. The number of nitrogens with zero attached hydrogens (tertiary/aromatic N) is 2. The minimum Gasteiger partial charge on any atom is -0.466 e. The van der Waals surface area contributed by atoms with E-state index in [9.17, 15) is 4.79 Å². The number of benzene rings is 1. The zero-order valence-corrected chi connectivity index (χ0v) is 19.9. The molecule has 30 heavy (non-hydrogen) atoms. The topological polar surface area (TPSA) is 88.8 Å². The predicted octanol–water partition coefficient (Wildman–Crippen LogP) is 4.14. The number of esters is 1. The molecule has 2 N–H and O–H groups in total. The summed E-state index contributed by atoms with van der Waals surface area (Å²) < 4.78 is 10.7. The molecule has 0 unspecified atom stereocenters. The summed E-state index contributed by atoms with van der Waals surface area (Å²) in [5.41, 5.74) is 1.73. The van der Waals surface area contributed by atoms with E-state index in [0.717, 1.165) is 49.4 Å². The van der Waals surface area contributed by atoms with Crippen LogP contribution in [0.15, 0.2) is 46.0 Å². The summed E-state index contributed by atoms with van der Waals surface area (Å²) in [7, 11) is 0. The number of halogens is 1. The lowest BCUT2D eigenvalue weighted by molar-refractivity contribution is -0.149. The van der Waals surface area contributed by atoms with E-state index < -0.39 is 0 Å². The first-order valence-electron chi connectivity index (χ1n) is 10.4. The highest BCUT2D eigenvalue weighted by molar-refractivity contribution is 14.0. The first-order valence-corrected chi connectivity index (χ1v) is 10.4. The zero-order valence-electron chi connectivity index (χ0n) is 17.6. The summed E-state index contributed by atoms with van der Waals surface area (Å²) in [6.07, 6.45) is 5.20. The minimum absolute atomic E-state index is 0. The van der Waals surface area contributed by atoms with Crippen LogP contribution in [-0.4, -0.2) is 36.1 Å². The molecule has 1 aliphatic rings. The third-order valence-corrected chi connectivity index (χ3v) is 5.00. The average molecular weight is 526 g/mol. The Morgan fingerprint density at radius 3 is 2.60 bits per heavy atom. The number of rotatable bonds is 7. The second-order valence-electron chi connectivity index (χ2n) is 7.15. The number of carbonyl (C=O) groups excluding carboxylic acids is 1. The highest BCUT2D eigenvalue weighted by Crippen LogP contribution is 2.25. The van der Waals surface area contributed by atoms with E-state index in [4.69, 9.17) is 9.15 Å². The molecule has 1 aliphatic carbocycles. The van der Waals surface area contributed by atoms with Crippen LogP contribution in [0.1, 0.15) is 45.2 Å². The van der Waals surface area contributed by atoms with Gasteiger partial charge in [-0.05, 0) is 51.7 Å². The summed E-state index contributed by atoms with van der Waals surface area (Å²) in [5.74, 6) is 1.33. The molecule has 1 aromatic heterocycles. The van der Waals surface area contributed by atoms with Gasteiger partial charge in [-0.1, -0.05) is 18.2 Å². The van der Waals surface area contributed by atoms with Crippen LogP contribution in [0.25, 0.3) is 11.5 Å². The number of carbonyl (C=O) groups is 1. The Balaban J connectivity index is 0.00000320. The van der Waals surface area contributed by atoms with Crippen molar-refractivity contribution in [2.45, 2.75) is 52.1 Å². The molecule has 1 aromatic carbocycles. The lowest BCUT2D eigenvalue weighted by Gasteiger charge is -2.29. The second kappa shape index (κ2) is 12.6. The number of guanidine groups is 1. The van der Waals surface area contributed by atoms with Gasteiger partial charge in [0.25, 0.3) is 0 Å². The maximum atomic E-state index is 11.9. The molecule has 1 heterocycles. The van der Waals surface area contributed by atoms with E-state index >= 15 is 0 Å². The summed E-state index contributed by atoms with van der Waals surface area (Å²) in [4.78, 5) is 21.1. The Morgan fingerprint density at radius 2 is 1.93 bits per heavy atom. The molecule has 0 atom stereocenters. The largest absolute Gasteiger partial charge is 0.466 e. The van der Waals surface area contributed by atoms with Crippen LogP contribution < -0.4 is 10.6 Å². The van der Waals surface area contributed by atoms with E-state index in [2.05, 4.69) is 20.6 Å². The van der Waals surface area contributed by atoms with Gasteiger partial charge in [0.15, 0.2) is 5.96 Å². The van der Waals surface area contributed by atoms with Crippen molar-refractivity contribution in [2.75, 3.05) is 13.2 Å². The minimum atomic E-state index is -0.0632. The van der Waals surface area contributed by atoms with Crippen LogP contribution in [-0.2, 0) is 16.1 Å². The summed E-state index contributed by atoms with van der Waals surface area (Å²) in [5, 5.41) is 6.77. The van der Waals surface area contributed by atoms with E-state index in [1.165, 1.54) is 0 Å². The average Bonchev–Trinajstić information content (AvgIpc) is 3.23. The normalized spacial score (nSPS) is 18.9. The van der Waals surface area contributed by atoms with Crippen LogP contribution in [0, 0.1) is 5.92 Å². The van der Waals surface area contributed by atoms with Gasteiger partial charge < -0.3 is 19.8 Å². The Morgan fingerprint density at radius 1 is 1.20 bits per heavy atom. The maximum Gasteiger partial charge on any atom is 0.308 e. The van der Waals surface area contributed by atoms with Gasteiger partial charge in [0, 0.05) is 18.2 Å². The monoisotopic (exact) mass is 526 g/mol. The van der Waals surface area contributed by atoms with E-state index in [1.54, 1.807) is 6.26 Å².